The van der Waals surface area contributed by atoms with Crippen LogP contribution >= 0.6 is 15.9 Å². The molecule has 2 atom stereocenters. The molecule has 0 radical (unpaired) electrons. The zero-order valence-electron chi connectivity index (χ0n) is 8.10. The summed E-state index contributed by atoms with van der Waals surface area (Å²) in [6.07, 6.45) is 2.58. The van der Waals surface area contributed by atoms with Gasteiger partial charge in [-0.05, 0) is 20.4 Å². The highest BCUT2D eigenvalue weighted by atomic mass is 79.9. The van der Waals surface area contributed by atoms with Crippen molar-refractivity contribution in [1.82, 2.24) is 4.90 Å². The van der Waals surface area contributed by atoms with Gasteiger partial charge < -0.3 is 4.90 Å². The molecule has 68 valence electrons. The molecule has 0 bridgehead atoms. The van der Waals surface area contributed by atoms with Gasteiger partial charge in [-0.2, -0.15) is 0 Å². The predicted octanol–water partition coefficient (Wildman–Crippen LogP) is 2.89. The Labute approximate surface area is 79.3 Å². The SMILES string of the molecule is CCCC(C)N(C)CC(C)Br. The summed E-state index contributed by atoms with van der Waals surface area (Å²) in [5, 5.41) is 0. The molecule has 0 aliphatic carbocycles. The predicted molar refractivity (Wildman–Crippen MR) is 55.4 cm³/mol. The summed E-state index contributed by atoms with van der Waals surface area (Å²) < 4.78 is 0. The summed E-state index contributed by atoms with van der Waals surface area (Å²) in [6, 6.07) is 0.722. The van der Waals surface area contributed by atoms with Crippen LogP contribution in [0.25, 0.3) is 0 Å². The lowest BCUT2D eigenvalue weighted by Crippen LogP contribution is -2.32. The fraction of sp³-hybridized carbons (Fsp3) is 1.00. The lowest BCUT2D eigenvalue weighted by molar-refractivity contribution is 0.249. The van der Waals surface area contributed by atoms with E-state index < -0.39 is 0 Å². The Bertz CT molecular complexity index is 93.6. The molecule has 0 N–H and O–H groups in total. The smallest absolute Gasteiger partial charge is 0.0244 e. The molecule has 1 nitrogen and oxygen atoms in total. The van der Waals surface area contributed by atoms with Gasteiger partial charge >= 0.3 is 0 Å². The third-order valence-electron chi connectivity index (χ3n) is 2.00. The molecule has 0 aromatic rings. The van der Waals surface area contributed by atoms with Crippen LogP contribution in [0, 0.1) is 0 Å². The molecule has 0 rings (SSSR count). The molecule has 2 unspecified atom stereocenters. The number of hydrogen-bond acceptors (Lipinski definition) is 1. The molecule has 0 heterocycles. The van der Waals surface area contributed by atoms with Gasteiger partial charge in [0.1, 0.15) is 0 Å². The molecule has 0 saturated heterocycles. The molecule has 0 saturated carbocycles. The van der Waals surface area contributed by atoms with Gasteiger partial charge in [-0.25, -0.2) is 0 Å². The Hall–Kier alpha value is 0.440. The first-order valence-electron chi connectivity index (χ1n) is 4.42. The van der Waals surface area contributed by atoms with Crippen LogP contribution in [0.4, 0.5) is 0 Å². The topological polar surface area (TPSA) is 3.24 Å². The van der Waals surface area contributed by atoms with E-state index in [1.807, 2.05) is 0 Å². The van der Waals surface area contributed by atoms with Crippen molar-refractivity contribution in [1.29, 1.82) is 0 Å². The first-order chi connectivity index (χ1) is 5.07. The summed E-state index contributed by atoms with van der Waals surface area (Å²) in [7, 11) is 2.19. The number of alkyl halides is 1. The molecular formula is C9H20BrN. The quantitative estimate of drug-likeness (QED) is 0.646. The van der Waals surface area contributed by atoms with Crippen molar-refractivity contribution in [2.45, 2.75) is 44.5 Å². The van der Waals surface area contributed by atoms with Gasteiger partial charge in [-0.3, -0.25) is 0 Å². The second-order valence-corrected chi connectivity index (χ2v) is 4.92. The van der Waals surface area contributed by atoms with Crippen molar-refractivity contribution in [2.75, 3.05) is 13.6 Å². The molecule has 0 fully saturated rings. The highest BCUT2D eigenvalue weighted by Gasteiger charge is 2.09. The largest absolute Gasteiger partial charge is 0.303 e. The first-order valence-corrected chi connectivity index (χ1v) is 5.33. The summed E-state index contributed by atoms with van der Waals surface area (Å²) in [5.41, 5.74) is 0. The Balaban J connectivity index is 3.54. The van der Waals surface area contributed by atoms with Crippen molar-refractivity contribution >= 4 is 15.9 Å². The third kappa shape index (κ3) is 5.68. The number of nitrogens with zero attached hydrogens (tertiary/aromatic N) is 1. The molecule has 0 aliphatic heterocycles. The van der Waals surface area contributed by atoms with E-state index in [4.69, 9.17) is 0 Å². The zero-order valence-corrected chi connectivity index (χ0v) is 9.69. The normalized spacial score (nSPS) is 16.9. The van der Waals surface area contributed by atoms with Crippen LogP contribution in [0.3, 0.4) is 0 Å². The number of hydrogen-bond donors (Lipinski definition) is 0. The molecule has 0 spiro atoms. The van der Waals surface area contributed by atoms with Crippen molar-refractivity contribution < 1.29 is 0 Å². The Morgan fingerprint density at radius 3 is 2.27 bits per heavy atom. The maximum Gasteiger partial charge on any atom is 0.0244 e. The molecule has 0 amide bonds. The van der Waals surface area contributed by atoms with E-state index in [2.05, 4.69) is 48.6 Å². The lowest BCUT2D eigenvalue weighted by Gasteiger charge is -2.25. The highest BCUT2D eigenvalue weighted by molar-refractivity contribution is 9.09. The van der Waals surface area contributed by atoms with Gasteiger partial charge in [0.15, 0.2) is 0 Å². The van der Waals surface area contributed by atoms with E-state index in [0.717, 1.165) is 12.6 Å². The summed E-state index contributed by atoms with van der Waals surface area (Å²) in [4.78, 5) is 3.01. The Morgan fingerprint density at radius 2 is 1.91 bits per heavy atom. The van der Waals surface area contributed by atoms with Crippen LogP contribution in [0.1, 0.15) is 33.6 Å². The maximum atomic E-state index is 3.55. The molecule has 0 aromatic heterocycles. The van der Waals surface area contributed by atoms with E-state index in [1.54, 1.807) is 0 Å². The molecule has 0 aromatic carbocycles. The molecule has 0 aliphatic rings. The fourth-order valence-electron chi connectivity index (χ4n) is 1.21. The van der Waals surface area contributed by atoms with Crippen LogP contribution in [0.5, 0.6) is 0 Å². The standard InChI is InChI=1S/C9H20BrN/c1-5-6-9(3)11(4)7-8(2)10/h8-9H,5-7H2,1-4H3. The lowest BCUT2D eigenvalue weighted by atomic mass is 10.2. The van der Waals surface area contributed by atoms with Crippen LogP contribution in [0.15, 0.2) is 0 Å². The Kier molecular flexibility index (Phi) is 6.25. The summed E-state index contributed by atoms with van der Waals surface area (Å²) >= 11 is 3.55. The van der Waals surface area contributed by atoms with Crippen molar-refractivity contribution in [3.8, 4) is 0 Å². The maximum absolute atomic E-state index is 3.55. The molecular weight excluding hydrogens is 202 g/mol. The van der Waals surface area contributed by atoms with Crippen LogP contribution in [-0.4, -0.2) is 29.4 Å². The Morgan fingerprint density at radius 1 is 1.36 bits per heavy atom. The summed E-state index contributed by atoms with van der Waals surface area (Å²) in [5.74, 6) is 0. The van der Waals surface area contributed by atoms with Crippen LogP contribution < -0.4 is 0 Å². The van der Waals surface area contributed by atoms with Crippen molar-refractivity contribution in [2.24, 2.45) is 0 Å². The summed E-state index contributed by atoms with van der Waals surface area (Å²) in [6.45, 7) is 7.86. The van der Waals surface area contributed by atoms with E-state index in [0.29, 0.717) is 4.83 Å². The van der Waals surface area contributed by atoms with Gasteiger partial charge in [-0.15, -0.1) is 0 Å². The average Bonchev–Trinajstić information content (AvgIpc) is 1.86. The van der Waals surface area contributed by atoms with Gasteiger partial charge in [0.2, 0.25) is 0 Å². The second kappa shape index (κ2) is 6.01. The van der Waals surface area contributed by atoms with Gasteiger partial charge in [0.25, 0.3) is 0 Å². The monoisotopic (exact) mass is 221 g/mol. The van der Waals surface area contributed by atoms with Crippen LogP contribution in [0.2, 0.25) is 0 Å². The highest BCUT2D eigenvalue weighted by Crippen LogP contribution is 2.07. The second-order valence-electron chi connectivity index (χ2n) is 3.36. The molecule has 11 heavy (non-hydrogen) atoms. The van der Waals surface area contributed by atoms with Gasteiger partial charge in [0.05, 0.1) is 0 Å². The zero-order chi connectivity index (χ0) is 8.85. The van der Waals surface area contributed by atoms with E-state index in [1.165, 1.54) is 12.8 Å². The first kappa shape index (κ1) is 11.4. The van der Waals surface area contributed by atoms with E-state index >= 15 is 0 Å². The van der Waals surface area contributed by atoms with Crippen molar-refractivity contribution in [3.63, 3.8) is 0 Å². The van der Waals surface area contributed by atoms with E-state index in [-0.39, 0.29) is 0 Å². The van der Waals surface area contributed by atoms with Crippen LogP contribution in [-0.2, 0) is 0 Å². The minimum Gasteiger partial charge on any atom is -0.303 e. The minimum atomic E-state index is 0.604. The number of halogens is 1. The van der Waals surface area contributed by atoms with Crippen molar-refractivity contribution in [3.05, 3.63) is 0 Å². The van der Waals surface area contributed by atoms with Gasteiger partial charge in [-0.1, -0.05) is 36.2 Å². The van der Waals surface area contributed by atoms with Gasteiger partial charge in [0, 0.05) is 17.4 Å². The average molecular weight is 222 g/mol. The minimum absolute atomic E-state index is 0.604. The third-order valence-corrected chi connectivity index (χ3v) is 2.29. The number of rotatable bonds is 5. The molecule has 2 heteroatoms. The van der Waals surface area contributed by atoms with E-state index in [9.17, 15) is 0 Å². The fourth-order valence-corrected chi connectivity index (χ4v) is 1.67.